The van der Waals surface area contributed by atoms with E-state index in [0.29, 0.717) is 12.8 Å². The molecule has 0 saturated carbocycles. The summed E-state index contributed by atoms with van der Waals surface area (Å²) in [5.41, 5.74) is 0. The third-order valence-electron chi connectivity index (χ3n) is 6.41. The SMILES string of the molecule is CC[C@H](C)[C@@H](C(=O)N[C@@H](CO)C(=O)O)N(C)C(=O)CN(C)C(=O)[C@@H](NC(=O)[C@H](CC(C)C)NC)C(C)C. The second-order valence-corrected chi connectivity index (χ2v) is 10.3. The second kappa shape index (κ2) is 16.2. The first-order valence-corrected chi connectivity index (χ1v) is 12.7. The van der Waals surface area contributed by atoms with Crippen molar-refractivity contribution in [2.45, 2.75) is 78.6 Å². The predicted molar refractivity (Wildman–Crippen MR) is 139 cm³/mol. The number of hydrogen-bond donors (Lipinski definition) is 5. The molecule has 0 bridgehead atoms. The van der Waals surface area contributed by atoms with Crippen LogP contribution in [0.4, 0.5) is 0 Å². The molecular formula is C25H47N5O7. The van der Waals surface area contributed by atoms with Gasteiger partial charge in [-0.05, 0) is 31.2 Å². The molecule has 0 rings (SSSR count). The Hall–Kier alpha value is -2.73. The van der Waals surface area contributed by atoms with E-state index in [1.165, 1.54) is 23.9 Å². The lowest BCUT2D eigenvalue weighted by Gasteiger charge is -2.34. The molecule has 37 heavy (non-hydrogen) atoms. The van der Waals surface area contributed by atoms with Gasteiger partial charge in [-0.3, -0.25) is 19.2 Å². The molecule has 5 N–H and O–H groups in total. The molecule has 0 aromatic rings. The van der Waals surface area contributed by atoms with Gasteiger partial charge in [0.05, 0.1) is 19.2 Å². The lowest BCUT2D eigenvalue weighted by molar-refractivity contribution is -0.148. The van der Waals surface area contributed by atoms with Crippen molar-refractivity contribution in [1.82, 2.24) is 25.8 Å². The molecule has 0 fully saturated rings. The summed E-state index contributed by atoms with van der Waals surface area (Å²) in [6.45, 7) is 10.0. The minimum Gasteiger partial charge on any atom is -0.480 e. The molecule has 0 aliphatic rings. The zero-order valence-corrected chi connectivity index (χ0v) is 23.7. The van der Waals surface area contributed by atoms with E-state index in [1.54, 1.807) is 27.8 Å². The maximum absolute atomic E-state index is 13.2. The van der Waals surface area contributed by atoms with Crippen LogP contribution in [0.5, 0.6) is 0 Å². The van der Waals surface area contributed by atoms with Crippen molar-refractivity contribution in [3.05, 3.63) is 0 Å². The van der Waals surface area contributed by atoms with Crippen molar-refractivity contribution in [2.75, 3.05) is 34.3 Å². The number of carbonyl (C=O) groups is 5. The van der Waals surface area contributed by atoms with E-state index >= 15 is 0 Å². The number of aliphatic carboxylic acids is 1. The topological polar surface area (TPSA) is 168 Å². The third kappa shape index (κ3) is 10.6. The Morgan fingerprint density at radius 1 is 0.892 bits per heavy atom. The van der Waals surface area contributed by atoms with Crippen molar-refractivity contribution >= 4 is 29.6 Å². The number of amides is 4. The maximum atomic E-state index is 13.2. The van der Waals surface area contributed by atoms with Gasteiger partial charge in [0.1, 0.15) is 18.1 Å². The van der Waals surface area contributed by atoms with E-state index in [2.05, 4.69) is 16.0 Å². The van der Waals surface area contributed by atoms with E-state index in [1.807, 2.05) is 20.8 Å². The van der Waals surface area contributed by atoms with Crippen LogP contribution >= 0.6 is 0 Å². The summed E-state index contributed by atoms with van der Waals surface area (Å²) >= 11 is 0. The minimum atomic E-state index is -1.50. The first-order chi connectivity index (χ1) is 17.1. The zero-order valence-electron chi connectivity index (χ0n) is 23.7. The van der Waals surface area contributed by atoms with Gasteiger partial charge in [0.25, 0.3) is 0 Å². The number of rotatable bonds is 16. The van der Waals surface area contributed by atoms with Crippen LogP contribution in [-0.4, -0.2) is 108 Å². The normalized spacial score (nSPS) is 15.4. The predicted octanol–water partition coefficient (Wildman–Crippen LogP) is -0.345. The van der Waals surface area contributed by atoms with Gasteiger partial charge in [0, 0.05) is 14.1 Å². The number of carboxylic acids is 1. The number of likely N-dealkylation sites (N-methyl/N-ethyl adjacent to an activating group) is 3. The van der Waals surface area contributed by atoms with E-state index in [-0.39, 0.29) is 30.2 Å². The van der Waals surface area contributed by atoms with Gasteiger partial charge < -0.3 is 36.0 Å². The summed E-state index contributed by atoms with van der Waals surface area (Å²) in [5.74, 6) is -3.69. The van der Waals surface area contributed by atoms with E-state index in [0.717, 1.165) is 0 Å². The molecule has 12 nitrogen and oxygen atoms in total. The summed E-state index contributed by atoms with van der Waals surface area (Å²) in [6, 6.07) is -3.83. The van der Waals surface area contributed by atoms with Gasteiger partial charge in [-0.25, -0.2) is 4.79 Å². The molecule has 4 amide bonds. The van der Waals surface area contributed by atoms with Crippen LogP contribution in [0, 0.1) is 17.8 Å². The van der Waals surface area contributed by atoms with Gasteiger partial charge in [-0.1, -0.05) is 48.0 Å². The van der Waals surface area contributed by atoms with Gasteiger partial charge in [0.2, 0.25) is 23.6 Å². The quantitative estimate of drug-likeness (QED) is 0.181. The van der Waals surface area contributed by atoms with Crippen LogP contribution < -0.4 is 16.0 Å². The third-order valence-corrected chi connectivity index (χ3v) is 6.41. The molecule has 0 heterocycles. The van der Waals surface area contributed by atoms with Crippen LogP contribution in [0.3, 0.4) is 0 Å². The molecule has 0 radical (unpaired) electrons. The van der Waals surface area contributed by atoms with Crippen LogP contribution in [0.15, 0.2) is 0 Å². The number of aliphatic hydroxyl groups is 1. The van der Waals surface area contributed by atoms with Crippen molar-refractivity contribution in [3.8, 4) is 0 Å². The fraction of sp³-hybridized carbons (Fsp3) is 0.800. The largest absolute Gasteiger partial charge is 0.480 e. The fourth-order valence-corrected chi connectivity index (χ4v) is 3.86. The highest BCUT2D eigenvalue weighted by Crippen LogP contribution is 2.16. The van der Waals surface area contributed by atoms with E-state index in [4.69, 9.17) is 5.11 Å². The smallest absolute Gasteiger partial charge is 0.328 e. The van der Waals surface area contributed by atoms with Crippen LogP contribution in [-0.2, 0) is 24.0 Å². The van der Waals surface area contributed by atoms with Crippen molar-refractivity contribution in [2.24, 2.45) is 17.8 Å². The highest BCUT2D eigenvalue weighted by Gasteiger charge is 2.35. The molecule has 0 aromatic carbocycles. The maximum Gasteiger partial charge on any atom is 0.328 e. The van der Waals surface area contributed by atoms with Crippen molar-refractivity contribution in [3.63, 3.8) is 0 Å². The summed E-state index contributed by atoms with van der Waals surface area (Å²) in [4.78, 5) is 65.6. The first kappa shape index (κ1) is 34.3. The second-order valence-electron chi connectivity index (χ2n) is 10.3. The minimum absolute atomic E-state index is 0.242. The summed E-state index contributed by atoms with van der Waals surface area (Å²) in [5, 5.41) is 26.4. The highest BCUT2D eigenvalue weighted by atomic mass is 16.4. The van der Waals surface area contributed by atoms with E-state index < -0.39 is 54.5 Å². The van der Waals surface area contributed by atoms with Crippen molar-refractivity contribution < 1.29 is 34.2 Å². The molecule has 0 spiro atoms. The first-order valence-electron chi connectivity index (χ1n) is 12.7. The molecular weight excluding hydrogens is 482 g/mol. The fourth-order valence-electron chi connectivity index (χ4n) is 3.86. The summed E-state index contributed by atoms with van der Waals surface area (Å²) in [7, 11) is 4.54. The molecule has 5 atom stereocenters. The number of nitrogens with zero attached hydrogens (tertiary/aromatic N) is 2. The standard InChI is InChI=1S/C25H47N5O7/c1-10-16(6)21(23(34)27-18(13-31)25(36)37)30(9)19(32)12-29(8)24(35)20(15(4)5)28-22(33)17(26-7)11-14(2)3/h14-18,20-21,26,31H,10-13H2,1-9H3,(H,27,34)(H,28,33)(H,36,37)/t16-,17-,18-,20-,21-/m0/s1. The Morgan fingerprint density at radius 3 is 1.86 bits per heavy atom. The molecule has 0 aliphatic heterocycles. The van der Waals surface area contributed by atoms with Crippen LogP contribution in [0.25, 0.3) is 0 Å². The number of carbonyl (C=O) groups excluding carboxylic acids is 4. The summed E-state index contributed by atoms with van der Waals surface area (Å²) < 4.78 is 0. The van der Waals surface area contributed by atoms with Gasteiger partial charge >= 0.3 is 5.97 Å². The monoisotopic (exact) mass is 529 g/mol. The molecule has 214 valence electrons. The summed E-state index contributed by atoms with van der Waals surface area (Å²) in [6.07, 6.45) is 1.12. The molecule has 12 heteroatoms. The van der Waals surface area contributed by atoms with E-state index in [9.17, 15) is 29.1 Å². The average Bonchev–Trinajstić information content (AvgIpc) is 2.82. The van der Waals surface area contributed by atoms with Crippen LogP contribution in [0.2, 0.25) is 0 Å². The van der Waals surface area contributed by atoms with Gasteiger partial charge in [-0.2, -0.15) is 0 Å². The number of aliphatic hydroxyl groups excluding tert-OH is 1. The molecule has 0 saturated heterocycles. The Labute approximate surface area is 220 Å². The average molecular weight is 530 g/mol. The Balaban J connectivity index is 5.58. The zero-order chi connectivity index (χ0) is 29.0. The Bertz CT molecular complexity index is 789. The Morgan fingerprint density at radius 2 is 1.46 bits per heavy atom. The Kier molecular flexibility index (Phi) is 15.0. The molecule has 0 unspecified atom stereocenters. The lowest BCUT2D eigenvalue weighted by atomic mass is 9.96. The van der Waals surface area contributed by atoms with Crippen molar-refractivity contribution in [1.29, 1.82) is 0 Å². The number of hydrogen-bond acceptors (Lipinski definition) is 7. The van der Waals surface area contributed by atoms with Gasteiger partial charge in [-0.15, -0.1) is 0 Å². The molecule has 0 aromatic heterocycles. The lowest BCUT2D eigenvalue weighted by Crippen LogP contribution is -2.58. The highest BCUT2D eigenvalue weighted by molar-refractivity contribution is 5.94. The number of nitrogens with one attached hydrogen (secondary N) is 3. The molecule has 0 aliphatic carbocycles. The van der Waals surface area contributed by atoms with Gasteiger partial charge in [0.15, 0.2) is 0 Å². The number of carboxylic acid groups (broad SMARTS) is 1. The van der Waals surface area contributed by atoms with Crippen LogP contribution in [0.1, 0.15) is 54.4 Å².